The number of pyridine rings is 1. The highest BCUT2D eigenvalue weighted by atomic mass is 16.6. The smallest absolute Gasteiger partial charge is 0.269 e. The molecule has 1 aliphatic carbocycles. The number of hydrogen-bond donors (Lipinski definition) is 1. The Morgan fingerprint density at radius 1 is 1.00 bits per heavy atom. The zero-order chi connectivity index (χ0) is 22.9. The van der Waals surface area contributed by atoms with Crippen molar-refractivity contribution in [2.75, 3.05) is 31.1 Å². The van der Waals surface area contributed by atoms with Crippen molar-refractivity contribution < 1.29 is 14.5 Å². The Balaban J connectivity index is 1.32. The van der Waals surface area contributed by atoms with Gasteiger partial charge < -0.3 is 15.1 Å². The summed E-state index contributed by atoms with van der Waals surface area (Å²) in [6.45, 7) is 2.14. The van der Waals surface area contributed by atoms with E-state index in [-0.39, 0.29) is 23.5 Å². The molecule has 2 heterocycles. The van der Waals surface area contributed by atoms with Crippen molar-refractivity contribution in [3.8, 4) is 0 Å². The lowest BCUT2D eigenvalue weighted by Crippen LogP contribution is -2.49. The average Bonchev–Trinajstić information content (AvgIpc) is 3.67. The van der Waals surface area contributed by atoms with Crippen molar-refractivity contribution >= 4 is 34.2 Å². The molecule has 168 valence electrons. The number of nitrogens with zero attached hydrogens (tertiary/aromatic N) is 4. The van der Waals surface area contributed by atoms with Crippen molar-refractivity contribution in [1.82, 2.24) is 15.2 Å². The Bertz CT molecular complexity index is 1230. The topological polar surface area (TPSA) is 109 Å². The number of fused-ring (bicyclic) bond motifs is 1. The predicted molar refractivity (Wildman–Crippen MR) is 123 cm³/mol. The fourth-order valence-electron chi connectivity index (χ4n) is 4.05. The van der Waals surface area contributed by atoms with Crippen molar-refractivity contribution in [2.45, 2.75) is 18.9 Å². The highest BCUT2D eigenvalue weighted by molar-refractivity contribution is 6.07. The van der Waals surface area contributed by atoms with Gasteiger partial charge in [0, 0.05) is 55.3 Å². The van der Waals surface area contributed by atoms with Gasteiger partial charge in [-0.25, -0.2) is 4.98 Å². The lowest BCUT2D eigenvalue weighted by Gasteiger charge is -2.35. The van der Waals surface area contributed by atoms with Gasteiger partial charge in [0.15, 0.2) is 0 Å². The minimum absolute atomic E-state index is 0.0414. The lowest BCUT2D eigenvalue weighted by atomic mass is 10.1. The number of hydrogen-bond acceptors (Lipinski definition) is 6. The molecule has 0 unspecified atom stereocenters. The maximum absolute atomic E-state index is 12.9. The summed E-state index contributed by atoms with van der Waals surface area (Å²) >= 11 is 0. The summed E-state index contributed by atoms with van der Waals surface area (Å²) in [6.07, 6.45) is 2.04. The monoisotopic (exact) mass is 445 g/mol. The molecule has 1 aromatic heterocycles. The van der Waals surface area contributed by atoms with E-state index in [1.165, 1.54) is 24.3 Å². The summed E-state index contributed by atoms with van der Waals surface area (Å²) in [5, 5.41) is 14.7. The minimum Gasteiger partial charge on any atom is -0.353 e. The van der Waals surface area contributed by atoms with Gasteiger partial charge in [0.2, 0.25) is 0 Å². The van der Waals surface area contributed by atoms with Gasteiger partial charge in [0.1, 0.15) is 5.82 Å². The third-order valence-electron chi connectivity index (χ3n) is 6.08. The number of piperazine rings is 1. The number of nitro groups is 1. The van der Waals surface area contributed by atoms with Gasteiger partial charge in [-0.3, -0.25) is 19.7 Å². The van der Waals surface area contributed by atoms with Crippen LogP contribution in [0.3, 0.4) is 0 Å². The van der Waals surface area contributed by atoms with E-state index in [1.807, 2.05) is 30.3 Å². The van der Waals surface area contributed by atoms with Gasteiger partial charge >= 0.3 is 0 Å². The third-order valence-corrected chi connectivity index (χ3v) is 6.08. The van der Waals surface area contributed by atoms with Crippen LogP contribution in [0.15, 0.2) is 54.6 Å². The number of para-hydroxylation sites is 1. The molecular formula is C24H23N5O4. The number of nitro benzene ring substituents is 1. The van der Waals surface area contributed by atoms with Crippen molar-refractivity contribution in [3.63, 3.8) is 0 Å². The highest BCUT2D eigenvalue weighted by Crippen LogP contribution is 2.26. The molecule has 0 spiro atoms. The minimum atomic E-state index is -0.483. The second-order valence-electron chi connectivity index (χ2n) is 8.38. The Morgan fingerprint density at radius 3 is 2.36 bits per heavy atom. The summed E-state index contributed by atoms with van der Waals surface area (Å²) in [5.74, 6) is 0.488. The fraction of sp³-hybridized carbons (Fsp3) is 0.292. The summed E-state index contributed by atoms with van der Waals surface area (Å²) < 4.78 is 0. The van der Waals surface area contributed by atoms with Gasteiger partial charge in [-0.15, -0.1) is 0 Å². The van der Waals surface area contributed by atoms with E-state index < -0.39 is 4.92 Å². The number of amides is 2. The summed E-state index contributed by atoms with van der Waals surface area (Å²) in [5.41, 5.74) is 1.77. The van der Waals surface area contributed by atoms with Gasteiger partial charge in [-0.1, -0.05) is 18.2 Å². The van der Waals surface area contributed by atoms with E-state index in [4.69, 9.17) is 4.98 Å². The van der Waals surface area contributed by atoms with E-state index in [2.05, 4.69) is 10.2 Å². The molecule has 1 aliphatic heterocycles. The largest absolute Gasteiger partial charge is 0.353 e. The first-order valence-electron chi connectivity index (χ1n) is 11.0. The molecule has 3 aromatic rings. The van der Waals surface area contributed by atoms with E-state index >= 15 is 0 Å². The first kappa shape index (κ1) is 20.9. The highest BCUT2D eigenvalue weighted by Gasteiger charge is 2.27. The third kappa shape index (κ3) is 4.34. The zero-order valence-corrected chi connectivity index (χ0v) is 17.9. The van der Waals surface area contributed by atoms with Crippen LogP contribution >= 0.6 is 0 Å². The second-order valence-corrected chi connectivity index (χ2v) is 8.38. The molecule has 1 saturated carbocycles. The van der Waals surface area contributed by atoms with E-state index in [0.29, 0.717) is 37.3 Å². The molecule has 2 amide bonds. The number of anilines is 1. The Morgan fingerprint density at radius 2 is 1.70 bits per heavy atom. The van der Waals surface area contributed by atoms with Crippen molar-refractivity contribution in [3.05, 3.63) is 75.8 Å². The normalized spacial score (nSPS) is 16.0. The summed E-state index contributed by atoms with van der Waals surface area (Å²) in [7, 11) is 0. The van der Waals surface area contributed by atoms with Crippen LogP contribution in [0, 0.1) is 10.1 Å². The van der Waals surface area contributed by atoms with Crippen LogP contribution in [-0.4, -0.2) is 58.8 Å². The molecule has 9 nitrogen and oxygen atoms in total. The standard InChI is InChI=1S/C24H23N5O4/c30-23(25-17-7-8-17)20-15-22(26-21-4-2-1-3-19(20)21)27-11-13-28(14-12-27)24(31)16-5-9-18(10-6-16)29(32)33/h1-6,9-10,15,17H,7-8,11-14H2,(H,25,30). The van der Waals surface area contributed by atoms with Gasteiger partial charge in [-0.05, 0) is 37.1 Å². The molecule has 1 saturated heterocycles. The molecule has 5 rings (SSSR count). The Kier molecular flexibility index (Phi) is 5.37. The van der Waals surface area contributed by atoms with E-state index in [9.17, 15) is 19.7 Å². The Labute approximate surface area is 190 Å². The van der Waals surface area contributed by atoms with Gasteiger partial charge in [-0.2, -0.15) is 0 Å². The number of carbonyl (C=O) groups is 2. The molecule has 9 heteroatoms. The number of nitrogens with one attached hydrogen (secondary N) is 1. The zero-order valence-electron chi connectivity index (χ0n) is 17.9. The van der Waals surface area contributed by atoms with Crippen LogP contribution in [-0.2, 0) is 0 Å². The van der Waals surface area contributed by atoms with Gasteiger partial charge in [0.05, 0.1) is 16.0 Å². The summed E-state index contributed by atoms with van der Waals surface area (Å²) in [4.78, 5) is 44.6. The van der Waals surface area contributed by atoms with Crippen LogP contribution < -0.4 is 10.2 Å². The number of benzene rings is 2. The number of non-ortho nitro benzene ring substituents is 1. The van der Waals surface area contributed by atoms with Crippen LogP contribution in [0.1, 0.15) is 33.6 Å². The number of carbonyl (C=O) groups excluding carboxylic acids is 2. The van der Waals surface area contributed by atoms with Crippen LogP contribution in [0.25, 0.3) is 10.9 Å². The first-order chi connectivity index (χ1) is 16.0. The second kappa shape index (κ2) is 8.50. The van der Waals surface area contributed by atoms with Crippen LogP contribution in [0.5, 0.6) is 0 Å². The average molecular weight is 445 g/mol. The van der Waals surface area contributed by atoms with E-state index in [1.54, 1.807) is 4.90 Å². The summed E-state index contributed by atoms with van der Waals surface area (Å²) in [6, 6.07) is 15.4. The maximum Gasteiger partial charge on any atom is 0.269 e. The van der Waals surface area contributed by atoms with Crippen molar-refractivity contribution in [2.24, 2.45) is 0 Å². The van der Waals surface area contributed by atoms with Crippen LogP contribution in [0.4, 0.5) is 11.5 Å². The molecule has 0 bridgehead atoms. The molecular weight excluding hydrogens is 422 g/mol. The number of aromatic nitrogens is 1. The quantitative estimate of drug-likeness (QED) is 0.478. The molecule has 2 aliphatic rings. The maximum atomic E-state index is 12.9. The first-order valence-corrected chi connectivity index (χ1v) is 11.0. The van der Waals surface area contributed by atoms with Crippen LogP contribution in [0.2, 0.25) is 0 Å². The molecule has 2 fully saturated rings. The Hall–Kier alpha value is -4.01. The molecule has 2 aromatic carbocycles. The van der Waals surface area contributed by atoms with Crippen molar-refractivity contribution in [1.29, 1.82) is 0 Å². The number of rotatable bonds is 5. The van der Waals surface area contributed by atoms with E-state index in [0.717, 1.165) is 29.6 Å². The fourth-order valence-corrected chi connectivity index (χ4v) is 4.05. The molecule has 33 heavy (non-hydrogen) atoms. The van der Waals surface area contributed by atoms with Gasteiger partial charge in [0.25, 0.3) is 17.5 Å². The SMILES string of the molecule is O=C(NC1CC1)c1cc(N2CCN(C(=O)c3ccc([N+](=O)[O-])cc3)CC2)nc2ccccc12. The molecule has 0 radical (unpaired) electrons. The lowest BCUT2D eigenvalue weighted by molar-refractivity contribution is -0.384. The predicted octanol–water partition coefficient (Wildman–Crippen LogP) is 3.00. The molecule has 1 N–H and O–H groups in total. The molecule has 0 atom stereocenters.